The summed E-state index contributed by atoms with van der Waals surface area (Å²) in [6.07, 6.45) is 4.02. The SMILES string of the molecule is CCC(CC)(CNC(=O)c1ccc(F)c(N)c1)SC. The molecule has 0 saturated carbocycles. The molecule has 3 nitrogen and oxygen atoms in total. The third kappa shape index (κ3) is 3.86. The third-order valence-electron chi connectivity index (χ3n) is 3.55. The number of benzene rings is 1. The molecule has 3 N–H and O–H groups in total. The molecule has 0 aliphatic carbocycles. The van der Waals surface area contributed by atoms with E-state index in [1.807, 2.05) is 0 Å². The van der Waals surface area contributed by atoms with Crippen molar-refractivity contribution in [3.05, 3.63) is 29.6 Å². The van der Waals surface area contributed by atoms with Gasteiger partial charge in [-0.05, 0) is 37.3 Å². The lowest BCUT2D eigenvalue weighted by atomic mass is 10.0. The highest BCUT2D eigenvalue weighted by atomic mass is 32.2. The minimum absolute atomic E-state index is 0.00485. The number of hydrogen-bond acceptors (Lipinski definition) is 3. The Morgan fingerprint density at radius 2 is 2.05 bits per heavy atom. The first-order valence-corrected chi connectivity index (χ1v) is 7.59. The molecule has 5 heteroatoms. The molecule has 1 amide bonds. The number of carbonyl (C=O) groups is 1. The molecule has 1 rings (SSSR count). The normalized spacial score (nSPS) is 11.4. The van der Waals surface area contributed by atoms with Gasteiger partial charge in [0.05, 0.1) is 5.69 Å². The van der Waals surface area contributed by atoms with Crippen LogP contribution in [0, 0.1) is 5.82 Å². The van der Waals surface area contributed by atoms with Crippen LogP contribution in [0.1, 0.15) is 37.0 Å². The highest BCUT2D eigenvalue weighted by Crippen LogP contribution is 2.29. The first kappa shape index (κ1) is 15.8. The van der Waals surface area contributed by atoms with Crippen molar-refractivity contribution in [3.63, 3.8) is 0 Å². The number of amides is 1. The molecule has 19 heavy (non-hydrogen) atoms. The average Bonchev–Trinajstić information content (AvgIpc) is 2.43. The van der Waals surface area contributed by atoms with Crippen LogP contribution in [-0.4, -0.2) is 23.5 Å². The summed E-state index contributed by atoms with van der Waals surface area (Å²) >= 11 is 1.76. The Bertz CT molecular complexity index is 439. The largest absolute Gasteiger partial charge is 0.396 e. The lowest BCUT2D eigenvalue weighted by Gasteiger charge is -2.29. The van der Waals surface area contributed by atoms with Gasteiger partial charge in [-0.25, -0.2) is 4.39 Å². The summed E-state index contributed by atoms with van der Waals surface area (Å²) in [5.74, 6) is -0.718. The summed E-state index contributed by atoms with van der Waals surface area (Å²) in [6.45, 7) is 4.82. The molecule has 1 aromatic carbocycles. The number of anilines is 1. The standard InChI is InChI=1S/C14H21FN2OS/c1-4-14(5-2,19-3)9-17-13(18)10-6-7-11(15)12(16)8-10/h6-8H,4-5,9,16H2,1-3H3,(H,17,18). The maximum absolute atomic E-state index is 13.0. The number of halogens is 1. The Hall–Kier alpha value is -1.23. The molecular weight excluding hydrogens is 263 g/mol. The average molecular weight is 284 g/mol. The number of thioether (sulfide) groups is 1. The molecule has 1 aromatic rings. The Morgan fingerprint density at radius 3 is 2.53 bits per heavy atom. The fourth-order valence-corrected chi connectivity index (χ4v) is 2.68. The number of hydrogen-bond donors (Lipinski definition) is 2. The van der Waals surface area contributed by atoms with Crippen LogP contribution >= 0.6 is 11.8 Å². The number of nitrogens with one attached hydrogen (secondary N) is 1. The van der Waals surface area contributed by atoms with Gasteiger partial charge in [-0.3, -0.25) is 4.79 Å². The van der Waals surface area contributed by atoms with E-state index in [1.54, 1.807) is 11.8 Å². The van der Waals surface area contributed by atoms with Crippen molar-refractivity contribution < 1.29 is 9.18 Å². The maximum Gasteiger partial charge on any atom is 0.251 e. The molecule has 0 aliphatic rings. The summed E-state index contributed by atoms with van der Waals surface area (Å²) in [7, 11) is 0. The molecule has 0 fully saturated rings. The van der Waals surface area contributed by atoms with Gasteiger partial charge in [0.15, 0.2) is 0 Å². The highest BCUT2D eigenvalue weighted by molar-refractivity contribution is 8.00. The minimum atomic E-state index is -0.503. The van der Waals surface area contributed by atoms with Gasteiger partial charge in [0.25, 0.3) is 5.91 Å². The van der Waals surface area contributed by atoms with E-state index < -0.39 is 5.82 Å². The van der Waals surface area contributed by atoms with Gasteiger partial charge in [-0.2, -0.15) is 11.8 Å². The predicted molar refractivity (Wildman–Crippen MR) is 80.0 cm³/mol. The van der Waals surface area contributed by atoms with E-state index in [2.05, 4.69) is 25.4 Å². The van der Waals surface area contributed by atoms with Gasteiger partial charge < -0.3 is 11.1 Å². The van der Waals surface area contributed by atoms with E-state index in [1.165, 1.54) is 18.2 Å². The van der Waals surface area contributed by atoms with Crippen molar-refractivity contribution >= 4 is 23.4 Å². The van der Waals surface area contributed by atoms with Gasteiger partial charge in [0, 0.05) is 16.9 Å². The number of nitrogen functional groups attached to an aromatic ring is 1. The van der Waals surface area contributed by atoms with Gasteiger partial charge >= 0.3 is 0 Å². The lowest BCUT2D eigenvalue weighted by molar-refractivity contribution is 0.0949. The lowest BCUT2D eigenvalue weighted by Crippen LogP contribution is -2.39. The summed E-state index contributed by atoms with van der Waals surface area (Å²) in [5, 5.41) is 2.90. The van der Waals surface area contributed by atoms with E-state index in [0.29, 0.717) is 12.1 Å². The third-order valence-corrected chi connectivity index (χ3v) is 5.14. The molecule has 0 radical (unpaired) electrons. The van der Waals surface area contributed by atoms with E-state index in [0.717, 1.165) is 12.8 Å². The highest BCUT2D eigenvalue weighted by Gasteiger charge is 2.25. The number of nitrogens with two attached hydrogens (primary N) is 1. The second-order valence-corrected chi connectivity index (χ2v) is 5.79. The topological polar surface area (TPSA) is 55.1 Å². The number of carbonyl (C=O) groups excluding carboxylic acids is 1. The predicted octanol–water partition coefficient (Wildman–Crippen LogP) is 3.06. The van der Waals surface area contributed by atoms with Crippen molar-refractivity contribution in [1.82, 2.24) is 5.32 Å². The summed E-state index contributed by atoms with van der Waals surface area (Å²) in [5.41, 5.74) is 5.84. The van der Waals surface area contributed by atoms with Gasteiger partial charge in [-0.1, -0.05) is 13.8 Å². The van der Waals surface area contributed by atoms with Crippen LogP contribution in [0.4, 0.5) is 10.1 Å². The smallest absolute Gasteiger partial charge is 0.251 e. The molecule has 0 heterocycles. The zero-order valence-corrected chi connectivity index (χ0v) is 12.4. The Morgan fingerprint density at radius 1 is 1.42 bits per heavy atom. The molecule has 0 saturated heterocycles. The molecule has 0 bridgehead atoms. The van der Waals surface area contributed by atoms with Crippen molar-refractivity contribution in [1.29, 1.82) is 0 Å². The van der Waals surface area contributed by atoms with Gasteiger partial charge in [0.1, 0.15) is 5.82 Å². The summed E-state index contributed by atoms with van der Waals surface area (Å²) in [4.78, 5) is 12.0. The van der Waals surface area contributed by atoms with Crippen LogP contribution in [0.2, 0.25) is 0 Å². The molecule has 0 atom stereocenters. The minimum Gasteiger partial charge on any atom is -0.396 e. The van der Waals surface area contributed by atoms with Crippen LogP contribution < -0.4 is 11.1 Å². The summed E-state index contributed by atoms with van der Waals surface area (Å²) < 4.78 is 13.1. The van der Waals surface area contributed by atoms with Crippen molar-refractivity contribution in [2.45, 2.75) is 31.4 Å². The molecule has 0 aliphatic heterocycles. The monoisotopic (exact) mass is 284 g/mol. The van der Waals surface area contributed by atoms with Crippen LogP contribution in [0.5, 0.6) is 0 Å². The zero-order chi connectivity index (χ0) is 14.5. The van der Waals surface area contributed by atoms with Crippen LogP contribution in [0.15, 0.2) is 18.2 Å². The Balaban J connectivity index is 2.72. The fraction of sp³-hybridized carbons (Fsp3) is 0.500. The van der Waals surface area contributed by atoms with E-state index in [-0.39, 0.29) is 16.3 Å². The quantitative estimate of drug-likeness (QED) is 0.789. The summed E-state index contributed by atoms with van der Waals surface area (Å²) in [6, 6.07) is 4.02. The Kier molecular flexibility index (Phi) is 5.66. The second-order valence-electron chi connectivity index (χ2n) is 4.51. The molecular formula is C14H21FN2OS. The second kappa shape index (κ2) is 6.80. The van der Waals surface area contributed by atoms with Crippen LogP contribution in [-0.2, 0) is 0 Å². The molecule has 0 aromatic heterocycles. The van der Waals surface area contributed by atoms with Crippen molar-refractivity contribution in [3.8, 4) is 0 Å². The van der Waals surface area contributed by atoms with E-state index in [4.69, 9.17) is 5.73 Å². The maximum atomic E-state index is 13.0. The van der Waals surface area contributed by atoms with Crippen molar-refractivity contribution in [2.24, 2.45) is 0 Å². The fourth-order valence-electron chi connectivity index (χ4n) is 1.89. The first-order valence-electron chi connectivity index (χ1n) is 6.36. The van der Waals surface area contributed by atoms with Crippen LogP contribution in [0.25, 0.3) is 0 Å². The molecule has 0 spiro atoms. The first-order chi connectivity index (χ1) is 8.98. The zero-order valence-electron chi connectivity index (χ0n) is 11.6. The van der Waals surface area contributed by atoms with Gasteiger partial charge in [0.2, 0.25) is 0 Å². The molecule has 0 unspecified atom stereocenters. The van der Waals surface area contributed by atoms with Crippen LogP contribution in [0.3, 0.4) is 0 Å². The van der Waals surface area contributed by atoms with E-state index >= 15 is 0 Å². The molecule has 106 valence electrons. The van der Waals surface area contributed by atoms with E-state index in [9.17, 15) is 9.18 Å². The van der Waals surface area contributed by atoms with Gasteiger partial charge in [-0.15, -0.1) is 0 Å². The Labute approximate surface area is 118 Å². The number of rotatable bonds is 6. The van der Waals surface area contributed by atoms with Crippen molar-refractivity contribution in [2.75, 3.05) is 18.5 Å².